The first-order valence-electron chi connectivity index (χ1n) is 7.15. The number of hydrogen-bond donors (Lipinski definition) is 2. The molecule has 1 aliphatic heterocycles. The standard InChI is InChI=1S/C15H17ClN2O3/c16-11(5-4-10-2-1-7-21-10)9-3-6-12-13(8-9)18-15(20)14(19)17-12/h3,6,8,10-11H,1-2,4-5,7H2,(H,17,19)(H,18,20). The van der Waals surface area contributed by atoms with Crippen LogP contribution in [0.2, 0.25) is 0 Å². The molecule has 1 aliphatic rings. The van der Waals surface area contributed by atoms with Crippen LogP contribution < -0.4 is 11.1 Å². The molecule has 2 aromatic rings. The van der Waals surface area contributed by atoms with E-state index in [1.54, 1.807) is 6.07 Å². The van der Waals surface area contributed by atoms with Crippen LogP contribution in [0.25, 0.3) is 11.0 Å². The largest absolute Gasteiger partial charge is 0.378 e. The number of H-pyrrole nitrogens is 2. The van der Waals surface area contributed by atoms with Crippen LogP contribution in [0, 0.1) is 0 Å². The van der Waals surface area contributed by atoms with Crippen molar-refractivity contribution in [2.45, 2.75) is 37.2 Å². The third kappa shape index (κ3) is 3.19. The van der Waals surface area contributed by atoms with Gasteiger partial charge in [-0.05, 0) is 43.4 Å². The Bertz CT molecular complexity index is 746. The Labute approximate surface area is 126 Å². The van der Waals surface area contributed by atoms with Crippen molar-refractivity contribution in [3.8, 4) is 0 Å². The molecule has 112 valence electrons. The van der Waals surface area contributed by atoms with Gasteiger partial charge in [0.05, 0.1) is 22.5 Å². The number of fused-ring (bicyclic) bond motifs is 1. The maximum absolute atomic E-state index is 11.4. The van der Waals surface area contributed by atoms with E-state index in [9.17, 15) is 9.59 Å². The van der Waals surface area contributed by atoms with Gasteiger partial charge < -0.3 is 14.7 Å². The lowest BCUT2D eigenvalue weighted by Gasteiger charge is -2.13. The molecular formula is C15H17ClN2O3. The summed E-state index contributed by atoms with van der Waals surface area (Å²) in [6.45, 7) is 0.849. The van der Waals surface area contributed by atoms with E-state index in [-0.39, 0.29) is 5.38 Å². The summed E-state index contributed by atoms with van der Waals surface area (Å²) in [5.74, 6) is 0. The molecule has 1 aromatic heterocycles. The van der Waals surface area contributed by atoms with Gasteiger partial charge in [0.25, 0.3) is 0 Å². The van der Waals surface area contributed by atoms with Crippen LogP contribution in [-0.2, 0) is 4.74 Å². The van der Waals surface area contributed by atoms with E-state index in [4.69, 9.17) is 16.3 Å². The fourth-order valence-electron chi connectivity index (χ4n) is 2.70. The minimum absolute atomic E-state index is 0.131. The Morgan fingerprint density at radius 3 is 2.71 bits per heavy atom. The molecule has 1 aromatic carbocycles. The lowest BCUT2D eigenvalue weighted by atomic mass is 10.0. The quantitative estimate of drug-likeness (QED) is 0.673. The SMILES string of the molecule is O=c1[nH]c2ccc(C(Cl)CCC3CCCO3)cc2[nH]c1=O. The number of rotatable bonds is 4. The Kier molecular flexibility index (Phi) is 4.12. The van der Waals surface area contributed by atoms with E-state index in [0.717, 1.165) is 37.9 Å². The second-order valence-corrected chi connectivity index (χ2v) is 5.92. The molecular weight excluding hydrogens is 292 g/mol. The van der Waals surface area contributed by atoms with Crippen LogP contribution in [0.15, 0.2) is 27.8 Å². The van der Waals surface area contributed by atoms with E-state index in [0.29, 0.717) is 17.1 Å². The van der Waals surface area contributed by atoms with Crippen molar-refractivity contribution in [3.63, 3.8) is 0 Å². The second kappa shape index (κ2) is 6.03. The lowest BCUT2D eigenvalue weighted by Crippen LogP contribution is -2.28. The summed E-state index contributed by atoms with van der Waals surface area (Å²) in [6.07, 6.45) is 4.32. The number of hydrogen-bond acceptors (Lipinski definition) is 3. The highest BCUT2D eigenvalue weighted by atomic mass is 35.5. The van der Waals surface area contributed by atoms with Gasteiger partial charge in [0.15, 0.2) is 0 Å². The Balaban J connectivity index is 1.77. The van der Waals surface area contributed by atoms with Crippen LogP contribution >= 0.6 is 11.6 Å². The maximum atomic E-state index is 11.4. The third-order valence-electron chi connectivity index (χ3n) is 3.87. The third-order valence-corrected chi connectivity index (χ3v) is 4.34. The average molecular weight is 309 g/mol. The summed E-state index contributed by atoms with van der Waals surface area (Å²) in [4.78, 5) is 27.7. The number of halogens is 1. The summed E-state index contributed by atoms with van der Waals surface area (Å²) < 4.78 is 5.59. The highest BCUT2D eigenvalue weighted by molar-refractivity contribution is 6.20. The number of alkyl halides is 1. The Morgan fingerprint density at radius 2 is 2.00 bits per heavy atom. The van der Waals surface area contributed by atoms with Crippen LogP contribution in [0.4, 0.5) is 0 Å². The second-order valence-electron chi connectivity index (χ2n) is 5.39. The van der Waals surface area contributed by atoms with Crippen LogP contribution in [-0.4, -0.2) is 22.7 Å². The molecule has 2 unspecified atom stereocenters. The van der Waals surface area contributed by atoms with Crippen molar-refractivity contribution in [1.82, 2.24) is 9.97 Å². The van der Waals surface area contributed by atoms with Crippen LogP contribution in [0.1, 0.15) is 36.6 Å². The zero-order valence-corrected chi connectivity index (χ0v) is 12.3. The highest BCUT2D eigenvalue weighted by Crippen LogP contribution is 2.29. The smallest absolute Gasteiger partial charge is 0.314 e. The van der Waals surface area contributed by atoms with Crippen molar-refractivity contribution in [2.24, 2.45) is 0 Å². The molecule has 2 atom stereocenters. The Hall–Kier alpha value is -1.59. The van der Waals surface area contributed by atoms with E-state index < -0.39 is 11.1 Å². The summed E-state index contributed by atoms with van der Waals surface area (Å²) in [7, 11) is 0. The number of aromatic nitrogens is 2. The van der Waals surface area contributed by atoms with Gasteiger partial charge in [-0.2, -0.15) is 0 Å². The van der Waals surface area contributed by atoms with Crippen LogP contribution in [0.3, 0.4) is 0 Å². The minimum atomic E-state index is -0.648. The zero-order valence-electron chi connectivity index (χ0n) is 11.5. The topological polar surface area (TPSA) is 75.0 Å². The molecule has 2 heterocycles. The van der Waals surface area contributed by atoms with E-state index in [1.165, 1.54) is 0 Å². The first kappa shape index (κ1) is 14.4. The van der Waals surface area contributed by atoms with Gasteiger partial charge in [-0.3, -0.25) is 9.59 Å². The molecule has 0 bridgehead atoms. The number of ether oxygens (including phenoxy) is 1. The summed E-state index contributed by atoms with van der Waals surface area (Å²) in [6, 6.07) is 5.47. The zero-order chi connectivity index (χ0) is 14.8. The minimum Gasteiger partial charge on any atom is -0.378 e. The van der Waals surface area contributed by atoms with Crippen molar-refractivity contribution < 1.29 is 4.74 Å². The fraction of sp³-hybridized carbons (Fsp3) is 0.467. The number of benzene rings is 1. The monoisotopic (exact) mass is 308 g/mol. The maximum Gasteiger partial charge on any atom is 0.314 e. The summed E-state index contributed by atoms with van der Waals surface area (Å²) >= 11 is 6.44. The Morgan fingerprint density at radius 1 is 1.24 bits per heavy atom. The average Bonchev–Trinajstić information content (AvgIpc) is 2.99. The first-order chi connectivity index (χ1) is 10.1. The lowest BCUT2D eigenvalue weighted by molar-refractivity contribution is 0.102. The molecule has 0 amide bonds. The molecule has 1 saturated heterocycles. The normalized spacial score (nSPS) is 20.0. The van der Waals surface area contributed by atoms with E-state index in [1.807, 2.05) is 12.1 Å². The predicted octanol–water partition coefficient (Wildman–Crippen LogP) is 2.46. The van der Waals surface area contributed by atoms with Crippen molar-refractivity contribution in [3.05, 3.63) is 44.5 Å². The molecule has 1 fully saturated rings. The van der Waals surface area contributed by atoms with E-state index in [2.05, 4.69) is 9.97 Å². The van der Waals surface area contributed by atoms with Gasteiger partial charge in [0, 0.05) is 6.61 Å². The molecule has 0 aliphatic carbocycles. The van der Waals surface area contributed by atoms with Gasteiger partial charge in [-0.15, -0.1) is 11.6 Å². The molecule has 0 saturated carbocycles. The summed E-state index contributed by atoms with van der Waals surface area (Å²) in [5, 5.41) is -0.131. The van der Waals surface area contributed by atoms with Crippen molar-refractivity contribution in [1.29, 1.82) is 0 Å². The van der Waals surface area contributed by atoms with E-state index >= 15 is 0 Å². The molecule has 2 N–H and O–H groups in total. The van der Waals surface area contributed by atoms with Crippen molar-refractivity contribution >= 4 is 22.6 Å². The van der Waals surface area contributed by atoms with Gasteiger partial charge in [-0.1, -0.05) is 6.07 Å². The number of aromatic amines is 2. The molecule has 21 heavy (non-hydrogen) atoms. The van der Waals surface area contributed by atoms with Gasteiger partial charge in [0.2, 0.25) is 0 Å². The first-order valence-corrected chi connectivity index (χ1v) is 7.59. The molecule has 6 heteroatoms. The van der Waals surface area contributed by atoms with Gasteiger partial charge in [-0.25, -0.2) is 0 Å². The van der Waals surface area contributed by atoms with Crippen molar-refractivity contribution in [2.75, 3.05) is 6.61 Å². The highest BCUT2D eigenvalue weighted by Gasteiger charge is 2.18. The van der Waals surface area contributed by atoms with Gasteiger partial charge >= 0.3 is 11.1 Å². The predicted molar refractivity (Wildman–Crippen MR) is 82.0 cm³/mol. The molecule has 0 radical (unpaired) electrons. The fourth-order valence-corrected chi connectivity index (χ4v) is 2.96. The van der Waals surface area contributed by atoms with Gasteiger partial charge in [0.1, 0.15) is 0 Å². The summed E-state index contributed by atoms with van der Waals surface area (Å²) in [5.41, 5.74) is 0.845. The number of nitrogens with one attached hydrogen (secondary N) is 2. The molecule has 0 spiro atoms. The van der Waals surface area contributed by atoms with Crippen LogP contribution in [0.5, 0.6) is 0 Å². The molecule has 5 nitrogen and oxygen atoms in total. The molecule has 3 rings (SSSR count).